The molecule has 3 rings (SSSR count). The zero-order valence-corrected chi connectivity index (χ0v) is 14.1. The number of halogens is 1. The monoisotopic (exact) mass is 345 g/mol. The molecule has 0 bridgehead atoms. The van der Waals surface area contributed by atoms with Crippen molar-refractivity contribution in [3.8, 4) is 0 Å². The van der Waals surface area contributed by atoms with Gasteiger partial charge in [0.05, 0.1) is 22.0 Å². The van der Waals surface area contributed by atoms with Crippen LogP contribution >= 0.6 is 23.4 Å². The first-order chi connectivity index (χ1) is 11.1. The summed E-state index contributed by atoms with van der Waals surface area (Å²) in [7, 11) is 0. The number of benzene rings is 2. The van der Waals surface area contributed by atoms with Crippen LogP contribution in [0.2, 0.25) is 5.02 Å². The molecule has 0 aliphatic carbocycles. The van der Waals surface area contributed by atoms with Crippen LogP contribution in [0.25, 0.3) is 11.0 Å². The summed E-state index contributed by atoms with van der Waals surface area (Å²) in [6.45, 7) is 2.04. The standard InChI is InChI=1S/C17H16ClN3OS/c1-11(17-20-14-7-2-3-8-15(14)21-17)23-10-16(22)19-13-6-4-5-12(18)9-13/h2-9,11H,10H2,1H3,(H,19,22)(H,20,21)/t11-/m1/s1. The van der Waals surface area contributed by atoms with Crippen LogP contribution in [0.15, 0.2) is 48.5 Å². The van der Waals surface area contributed by atoms with Crippen molar-refractivity contribution in [2.75, 3.05) is 11.1 Å². The molecule has 1 atom stereocenters. The number of aromatic nitrogens is 2. The maximum atomic E-state index is 12.0. The van der Waals surface area contributed by atoms with Crippen LogP contribution in [0.1, 0.15) is 18.0 Å². The number of thioether (sulfide) groups is 1. The van der Waals surface area contributed by atoms with E-state index >= 15 is 0 Å². The van der Waals surface area contributed by atoms with Gasteiger partial charge in [0.1, 0.15) is 5.82 Å². The number of anilines is 1. The Labute approximate surface area is 143 Å². The van der Waals surface area contributed by atoms with Crippen LogP contribution in [0.5, 0.6) is 0 Å². The van der Waals surface area contributed by atoms with Gasteiger partial charge in [-0.15, -0.1) is 11.8 Å². The fourth-order valence-corrected chi connectivity index (χ4v) is 3.14. The quantitative estimate of drug-likeness (QED) is 0.707. The van der Waals surface area contributed by atoms with Crippen LogP contribution in [0.3, 0.4) is 0 Å². The largest absolute Gasteiger partial charge is 0.341 e. The molecule has 0 saturated carbocycles. The van der Waals surface area contributed by atoms with Gasteiger partial charge in [0, 0.05) is 10.7 Å². The van der Waals surface area contributed by atoms with Gasteiger partial charge in [-0.2, -0.15) is 0 Å². The zero-order chi connectivity index (χ0) is 16.2. The Bertz CT molecular complexity index is 800. The lowest BCUT2D eigenvalue weighted by atomic mass is 10.3. The number of hydrogen-bond acceptors (Lipinski definition) is 3. The van der Waals surface area contributed by atoms with E-state index in [1.54, 1.807) is 12.1 Å². The van der Waals surface area contributed by atoms with E-state index in [2.05, 4.69) is 15.3 Å². The average molecular weight is 346 g/mol. The molecule has 2 aromatic carbocycles. The Balaban J connectivity index is 1.57. The van der Waals surface area contributed by atoms with Gasteiger partial charge in [0.2, 0.25) is 5.91 Å². The van der Waals surface area contributed by atoms with Crippen LogP contribution in [0.4, 0.5) is 5.69 Å². The Morgan fingerprint density at radius 1 is 1.30 bits per heavy atom. The van der Waals surface area contributed by atoms with E-state index in [1.807, 2.05) is 43.3 Å². The van der Waals surface area contributed by atoms with Crippen molar-refractivity contribution in [1.82, 2.24) is 9.97 Å². The van der Waals surface area contributed by atoms with E-state index in [1.165, 1.54) is 11.8 Å². The first kappa shape index (κ1) is 15.9. The molecule has 0 fully saturated rings. The third-order valence-electron chi connectivity index (χ3n) is 3.37. The van der Waals surface area contributed by atoms with Crippen molar-refractivity contribution in [2.45, 2.75) is 12.2 Å². The molecule has 0 saturated heterocycles. The van der Waals surface area contributed by atoms with Gasteiger partial charge in [-0.25, -0.2) is 4.98 Å². The molecule has 0 radical (unpaired) electrons. The summed E-state index contributed by atoms with van der Waals surface area (Å²) in [5, 5.41) is 3.55. The van der Waals surface area contributed by atoms with E-state index in [4.69, 9.17) is 11.6 Å². The molecule has 2 N–H and O–H groups in total. The van der Waals surface area contributed by atoms with Gasteiger partial charge >= 0.3 is 0 Å². The van der Waals surface area contributed by atoms with E-state index in [0.717, 1.165) is 16.9 Å². The SMILES string of the molecule is C[C@@H](SCC(=O)Nc1cccc(Cl)c1)c1nc2ccccc2[nH]1. The van der Waals surface area contributed by atoms with Crippen LogP contribution in [-0.2, 0) is 4.79 Å². The topological polar surface area (TPSA) is 57.8 Å². The molecular formula is C17H16ClN3OS. The molecule has 4 nitrogen and oxygen atoms in total. The number of para-hydroxylation sites is 2. The summed E-state index contributed by atoms with van der Waals surface area (Å²) in [6, 6.07) is 15.0. The number of carbonyl (C=O) groups excluding carboxylic acids is 1. The third kappa shape index (κ3) is 4.06. The lowest BCUT2D eigenvalue weighted by Crippen LogP contribution is -2.14. The first-order valence-corrected chi connectivity index (χ1v) is 8.66. The lowest BCUT2D eigenvalue weighted by molar-refractivity contribution is -0.113. The van der Waals surface area contributed by atoms with E-state index < -0.39 is 0 Å². The summed E-state index contributed by atoms with van der Waals surface area (Å²) < 4.78 is 0. The highest BCUT2D eigenvalue weighted by Crippen LogP contribution is 2.27. The lowest BCUT2D eigenvalue weighted by Gasteiger charge is -2.09. The normalized spacial score (nSPS) is 12.3. The molecular weight excluding hydrogens is 330 g/mol. The molecule has 0 aliphatic heterocycles. The van der Waals surface area contributed by atoms with E-state index in [0.29, 0.717) is 16.5 Å². The van der Waals surface area contributed by atoms with Gasteiger partial charge in [0.15, 0.2) is 0 Å². The minimum absolute atomic E-state index is 0.0553. The molecule has 3 aromatic rings. The van der Waals surface area contributed by atoms with E-state index in [9.17, 15) is 4.79 Å². The number of carbonyl (C=O) groups is 1. The molecule has 0 unspecified atom stereocenters. The van der Waals surface area contributed by atoms with Crippen molar-refractivity contribution in [3.05, 3.63) is 59.4 Å². The van der Waals surface area contributed by atoms with Crippen LogP contribution < -0.4 is 5.32 Å². The molecule has 23 heavy (non-hydrogen) atoms. The Kier molecular flexibility index (Phi) is 4.88. The average Bonchev–Trinajstić information content (AvgIpc) is 2.97. The molecule has 1 amide bonds. The Hall–Kier alpha value is -1.98. The second-order valence-corrected chi connectivity index (χ2v) is 6.92. The summed E-state index contributed by atoms with van der Waals surface area (Å²) in [5.41, 5.74) is 2.66. The van der Waals surface area contributed by atoms with Crippen LogP contribution in [-0.4, -0.2) is 21.6 Å². The third-order valence-corrected chi connectivity index (χ3v) is 4.75. The predicted octanol–water partition coefficient (Wildman–Crippen LogP) is 4.65. The van der Waals surface area contributed by atoms with Gasteiger partial charge < -0.3 is 10.3 Å². The number of nitrogens with one attached hydrogen (secondary N) is 2. The fraction of sp³-hybridized carbons (Fsp3) is 0.176. The first-order valence-electron chi connectivity index (χ1n) is 7.23. The minimum Gasteiger partial charge on any atom is -0.341 e. The molecule has 0 spiro atoms. The maximum absolute atomic E-state index is 12.0. The molecule has 1 aromatic heterocycles. The van der Waals surface area contributed by atoms with Gasteiger partial charge in [-0.05, 0) is 37.3 Å². The number of aromatic amines is 1. The fourth-order valence-electron chi connectivity index (χ4n) is 2.21. The van der Waals surface area contributed by atoms with Crippen molar-refractivity contribution in [3.63, 3.8) is 0 Å². The molecule has 1 heterocycles. The summed E-state index contributed by atoms with van der Waals surface area (Å²) in [4.78, 5) is 19.9. The van der Waals surface area contributed by atoms with Crippen molar-refractivity contribution < 1.29 is 4.79 Å². The van der Waals surface area contributed by atoms with E-state index in [-0.39, 0.29) is 11.2 Å². The van der Waals surface area contributed by atoms with Gasteiger partial charge in [-0.3, -0.25) is 4.79 Å². The summed E-state index contributed by atoms with van der Waals surface area (Å²) in [5.74, 6) is 1.18. The number of nitrogens with zero attached hydrogens (tertiary/aromatic N) is 1. The zero-order valence-electron chi connectivity index (χ0n) is 12.5. The second kappa shape index (κ2) is 7.06. The molecule has 0 aliphatic rings. The van der Waals surface area contributed by atoms with Gasteiger partial charge in [-0.1, -0.05) is 29.8 Å². The smallest absolute Gasteiger partial charge is 0.234 e. The minimum atomic E-state index is -0.0553. The number of amides is 1. The number of fused-ring (bicyclic) bond motifs is 1. The Morgan fingerprint density at radius 3 is 2.91 bits per heavy atom. The second-order valence-electron chi connectivity index (χ2n) is 5.15. The number of imidazole rings is 1. The van der Waals surface area contributed by atoms with Gasteiger partial charge in [0.25, 0.3) is 0 Å². The van der Waals surface area contributed by atoms with Crippen molar-refractivity contribution in [2.24, 2.45) is 0 Å². The molecule has 118 valence electrons. The number of H-pyrrole nitrogens is 1. The highest BCUT2D eigenvalue weighted by atomic mass is 35.5. The van der Waals surface area contributed by atoms with Crippen molar-refractivity contribution >= 4 is 46.0 Å². The number of hydrogen-bond donors (Lipinski definition) is 2. The Morgan fingerprint density at radius 2 is 2.13 bits per heavy atom. The molecule has 6 heteroatoms. The number of rotatable bonds is 5. The maximum Gasteiger partial charge on any atom is 0.234 e. The summed E-state index contributed by atoms with van der Waals surface area (Å²) >= 11 is 7.44. The predicted molar refractivity (Wildman–Crippen MR) is 97.0 cm³/mol. The van der Waals surface area contributed by atoms with Crippen molar-refractivity contribution in [1.29, 1.82) is 0 Å². The highest BCUT2D eigenvalue weighted by molar-refractivity contribution is 8.00. The van der Waals surface area contributed by atoms with Crippen LogP contribution in [0, 0.1) is 0 Å². The summed E-state index contributed by atoms with van der Waals surface area (Å²) in [6.07, 6.45) is 0. The highest BCUT2D eigenvalue weighted by Gasteiger charge is 2.13.